The Morgan fingerprint density at radius 2 is 1.57 bits per heavy atom. The van der Waals surface area contributed by atoms with Crippen LogP contribution < -0.4 is 15.4 Å². The molecule has 2 aromatic rings. The summed E-state index contributed by atoms with van der Waals surface area (Å²) in [7, 11) is 0. The zero-order valence-electron chi connectivity index (χ0n) is 11.9. The van der Waals surface area contributed by atoms with Gasteiger partial charge in [0.15, 0.2) is 0 Å². The van der Waals surface area contributed by atoms with Crippen LogP contribution >= 0.6 is 11.6 Å². The van der Waals surface area contributed by atoms with Gasteiger partial charge in [0.2, 0.25) is 0 Å². The molecule has 5 heteroatoms. The number of rotatable bonds is 4. The van der Waals surface area contributed by atoms with Crippen molar-refractivity contribution in [1.29, 1.82) is 0 Å². The fourth-order valence-electron chi connectivity index (χ4n) is 1.77. The van der Waals surface area contributed by atoms with Gasteiger partial charge in [-0.05, 0) is 38.1 Å². The van der Waals surface area contributed by atoms with E-state index in [0.717, 1.165) is 0 Å². The summed E-state index contributed by atoms with van der Waals surface area (Å²) in [6, 6.07) is 14.0. The zero-order valence-corrected chi connectivity index (χ0v) is 12.6. The molecule has 0 aliphatic rings. The highest BCUT2D eigenvalue weighted by molar-refractivity contribution is 6.33. The maximum absolute atomic E-state index is 12.0. The highest BCUT2D eigenvalue weighted by atomic mass is 35.5. The molecule has 0 aromatic heterocycles. The predicted molar refractivity (Wildman–Crippen MR) is 86.3 cm³/mol. The van der Waals surface area contributed by atoms with Crippen molar-refractivity contribution in [2.45, 2.75) is 20.0 Å². The fraction of sp³-hybridized carbons (Fsp3) is 0.188. The lowest BCUT2D eigenvalue weighted by Gasteiger charge is -2.15. The number of urea groups is 1. The van der Waals surface area contributed by atoms with Gasteiger partial charge < -0.3 is 15.4 Å². The third kappa shape index (κ3) is 4.39. The first-order valence-corrected chi connectivity index (χ1v) is 7.02. The van der Waals surface area contributed by atoms with Gasteiger partial charge in [-0.3, -0.25) is 0 Å². The van der Waals surface area contributed by atoms with Crippen molar-refractivity contribution in [2.75, 3.05) is 10.6 Å². The van der Waals surface area contributed by atoms with Crippen LogP contribution in [-0.2, 0) is 0 Å². The first kappa shape index (κ1) is 15.2. The third-order valence-corrected chi connectivity index (χ3v) is 2.95. The Morgan fingerprint density at radius 1 is 1.00 bits per heavy atom. The summed E-state index contributed by atoms with van der Waals surface area (Å²) < 4.78 is 5.65. The highest BCUT2D eigenvalue weighted by Gasteiger charge is 2.09. The number of nitrogens with one attached hydrogen (secondary N) is 2. The molecule has 0 atom stereocenters. The van der Waals surface area contributed by atoms with Gasteiger partial charge in [0, 0.05) is 0 Å². The molecule has 0 aliphatic carbocycles. The van der Waals surface area contributed by atoms with Gasteiger partial charge in [-0.2, -0.15) is 0 Å². The Kier molecular flexibility index (Phi) is 5.06. The smallest absolute Gasteiger partial charge is 0.323 e. The van der Waals surface area contributed by atoms with E-state index in [-0.39, 0.29) is 12.1 Å². The third-order valence-electron chi connectivity index (χ3n) is 2.62. The second-order valence-corrected chi connectivity index (χ2v) is 5.13. The molecule has 0 unspecified atom stereocenters. The van der Waals surface area contributed by atoms with E-state index in [1.165, 1.54) is 0 Å². The Labute approximate surface area is 129 Å². The van der Waals surface area contributed by atoms with E-state index in [4.69, 9.17) is 16.3 Å². The first-order valence-electron chi connectivity index (χ1n) is 6.64. The van der Waals surface area contributed by atoms with Crippen LogP contribution in [0.4, 0.5) is 16.2 Å². The van der Waals surface area contributed by atoms with Crippen LogP contribution in [-0.4, -0.2) is 12.1 Å². The minimum absolute atomic E-state index is 0.0274. The van der Waals surface area contributed by atoms with Crippen molar-refractivity contribution in [3.63, 3.8) is 0 Å². The summed E-state index contributed by atoms with van der Waals surface area (Å²) in [4.78, 5) is 12.0. The number of ether oxygens (including phenoxy) is 1. The average Bonchev–Trinajstić information content (AvgIpc) is 2.43. The number of anilines is 2. The summed E-state index contributed by atoms with van der Waals surface area (Å²) in [5.41, 5.74) is 1.16. The molecule has 0 bridgehead atoms. The van der Waals surface area contributed by atoms with Crippen LogP contribution in [0.1, 0.15) is 13.8 Å². The molecule has 0 radical (unpaired) electrons. The number of carbonyl (C=O) groups is 1. The molecule has 0 spiro atoms. The standard InChI is InChI=1S/C16H17ClN2O2/c1-11(2)21-15-10-6-5-9-14(15)19-16(20)18-13-8-4-3-7-12(13)17/h3-11H,1-2H3,(H2,18,19,20). The topological polar surface area (TPSA) is 50.4 Å². The summed E-state index contributed by atoms with van der Waals surface area (Å²) in [6.45, 7) is 3.86. The van der Waals surface area contributed by atoms with E-state index in [9.17, 15) is 4.79 Å². The molecular weight excluding hydrogens is 288 g/mol. The van der Waals surface area contributed by atoms with Gasteiger partial charge in [-0.25, -0.2) is 4.79 Å². The molecule has 0 fully saturated rings. The molecule has 21 heavy (non-hydrogen) atoms. The van der Waals surface area contributed by atoms with Gasteiger partial charge in [-0.15, -0.1) is 0 Å². The number of para-hydroxylation sites is 3. The summed E-state index contributed by atoms with van der Waals surface area (Å²) in [6.07, 6.45) is 0.0274. The van der Waals surface area contributed by atoms with E-state index in [1.807, 2.05) is 32.0 Å². The fourth-order valence-corrected chi connectivity index (χ4v) is 1.95. The molecule has 2 amide bonds. The average molecular weight is 305 g/mol. The number of amides is 2. The minimum atomic E-state index is -0.372. The van der Waals surface area contributed by atoms with Crippen molar-refractivity contribution >= 4 is 29.0 Å². The molecule has 0 heterocycles. The van der Waals surface area contributed by atoms with Crippen molar-refractivity contribution in [3.8, 4) is 5.75 Å². The molecular formula is C16H17ClN2O2. The number of benzene rings is 2. The van der Waals surface area contributed by atoms with Crippen molar-refractivity contribution < 1.29 is 9.53 Å². The molecule has 0 saturated heterocycles. The summed E-state index contributed by atoms with van der Waals surface area (Å²) in [5.74, 6) is 0.627. The number of hydrogen-bond acceptors (Lipinski definition) is 2. The molecule has 2 aromatic carbocycles. The van der Waals surface area contributed by atoms with E-state index in [1.54, 1.807) is 30.3 Å². The maximum atomic E-state index is 12.0. The van der Waals surface area contributed by atoms with E-state index in [0.29, 0.717) is 22.1 Å². The number of hydrogen-bond donors (Lipinski definition) is 2. The Hall–Kier alpha value is -2.20. The lowest BCUT2D eigenvalue weighted by molar-refractivity contribution is 0.243. The number of halogens is 1. The highest BCUT2D eigenvalue weighted by Crippen LogP contribution is 2.26. The molecule has 2 N–H and O–H groups in total. The first-order chi connectivity index (χ1) is 10.1. The Bertz CT molecular complexity index is 629. The van der Waals surface area contributed by atoms with Crippen LogP contribution in [0.25, 0.3) is 0 Å². The largest absolute Gasteiger partial charge is 0.489 e. The van der Waals surface area contributed by atoms with Gasteiger partial charge in [-0.1, -0.05) is 35.9 Å². The van der Waals surface area contributed by atoms with Crippen molar-refractivity contribution in [1.82, 2.24) is 0 Å². The SMILES string of the molecule is CC(C)Oc1ccccc1NC(=O)Nc1ccccc1Cl. The minimum Gasteiger partial charge on any atom is -0.489 e. The van der Waals surface area contributed by atoms with Gasteiger partial charge >= 0.3 is 6.03 Å². The van der Waals surface area contributed by atoms with Crippen LogP contribution in [0.5, 0.6) is 5.75 Å². The lowest BCUT2D eigenvalue weighted by Crippen LogP contribution is -2.20. The van der Waals surface area contributed by atoms with Gasteiger partial charge in [0.1, 0.15) is 5.75 Å². The second kappa shape index (κ2) is 6.99. The zero-order chi connectivity index (χ0) is 15.2. The van der Waals surface area contributed by atoms with E-state index >= 15 is 0 Å². The predicted octanol–water partition coefficient (Wildman–Crippen LogP) is 4.77. The quantitative estimate of drug-likeness (QED) is 0.854. The molecule has 4 nitrogen and oxygen atoms in total. The Morgan fingerprint density at radius 3 is 2.24 bits per heavy atom. The molecule has 2 rings (SSSR count). The van der Waals surface area contributed by atoms with Crippen molar-refractivity contribution in [2.24, 2.45) is 0 Å². The van der Waals surface area contributed by atoms with Crippen LogP contribution in [0.2, 0.25) is 5.02 Å². The normalized spacial score (nSPS) is 10.3. The van der Waals surface area contributed by atoms with Crippen molar-refractivity contribution in [3.05, 3.63) is 53.6 Å². The van der Waals surface area contributed by atoms with Crippen LogP contribution in [0.15, 0.2) is 48.5 Å². The molecule has 0 aliphatic heterocycles. The maximum Gasteiger partial charge on any atom is 0.323 e. The molecule has 0 saturated carbocycles. The van der Waals surface area contributed by atoms with E-state index < -0.39 is 0 Å². The molecule has 110 valence electrons. The Balaban J connectivity index is 2.08. The summed E-state index contributed by atoms with van der Waals surface area (Å²) >= 11 is 6.00. The van der Waals surface area contributed by atoms with Crippen LogP contribution in [0.3, 0.4) is 0 Å². The van der Waals surface area contributed by atoms with E-state index in [2.05, 4.69) is 10.6 Å². The van der Waals surface area contributed by atoms with Gasteiger partial charge in [0.05, 0.1) is 22.5 Å². The monoisotopic (exact) mass is 304 g/mol. The van der Waals surface area contributed by atoms with Crippen LogP contribution in [0, 0.1) is 0 Å². The second-order valence-electron chi connectivity index (χ2n) is 4.72. The number of carbonyl (C=O) groups excluding carboxylic acids is 1. The lowest BCUT2D eigenvalue weighted by atomic mass is 10.3. The summed E-state index contributed by atoms with van der Waals surface area (Å²) in [5, 5.41) is 5.95. The van der Waals surface area contributed by atoms with Gasteiger partial charge in [0.25, 0.3) is 0 Å².